The zero-order valence-electron chi connectivity index (χ0n) is 11.0. The van der Waals surface area contributed by atoms with Crippen LogP contribution in [-0.4, -0.2) is 24.9 Å². The molecular formula is C14H10F3NO3S. The predicted molar refractivity (Wildman–Crippen MR) is 72.1 cm³/mol. The minimum Gasteiger partial charge on any atom is -0.293 e. The Balaban J connectivity index is 2.22. The second-order valence-electron chi connectivity index (χ2n) is 4.45. The van der Waals surface area contributed by atoms with Gasteiger partial charge in [0.15, 0.2) is 15.6 Å². The highest BCUT2D eigenvalue weighted by Crippen LogP contribution is 2.29. The van der Waals surface area contributed by atoms with Gasteiger partial charge in [-0.25, -0.2) is 8.42 Å². The molecule has 0 bridgehead atoms. The summed E-state index contributed by atoms with van der Waals surface area (Å²) < 4.78 is 61.4. The molecule has 0 unspecified atom stereocenters. The monoisotopic (exact) mass is 329 g/mol. The van der Waals surface area contributed by atoms with Crippen molar-refractivity contribution in [1.82, 2.24) is 4.98 Å². The first-order chi connectivity index (χ1) is 10.2. The van der Waals surface area contributed by atoms with Crippen molar-refractivity contribution in [3.8, 4) is 0 Å². The average molecular weight is 329 g/mol. The van der Waals surface area contributed by atoms with Gasteiger partial charge in [0.2, 0.25) is 0 Å². The molecular weight excluding hydrogens is 319 g/mol. The van der Waals surface area contributed by atoms with Crippen molar-refractivity contribution >= 4 is 15.6 Å². The third-order valence-electron chi connectivity index (χ3n) is 2.85. The molecule has 22 heavy (non-hydrogen) atoms. The van der Waals surface area contributed by atoms with Crippen LogP contribution in [0, 0.1) is 0 Å². The van der Waals surface area contributed by atoms with Gasteiger partial charge in [-0.1, -0.05) is 0 Å². The number of carbonyl (C=O) groups is 1. The third-order valence-corrected chi connectivity index (χ3v) is 4.48. The van der Waals surface area contributed by atoms with E-state index in [4.69, 9.17) is 0 Å². The summed E-state index contributed by atoms with van der Waals surface area (Å²) in [6, 6.07) is 5.92. The van der Waals surface area contributed by atoms with Crippen molar-refractivity contribution in [2.24, 2.45) is 0 Å². The number of nitrogens with zero attached hydrogens (tertiary/aromatic N) is 1. The SMILES string of the molecule is O=C(CS(=O)(=O)c1ccc(C(F)(F)F)cc1)c1cccnc1. The largest absolute Gasteiger partial charge is 0.416 e. The molecule has 0 radical (unpaired) electrons. The van der Waals surface area contributed by atoms with Gasteiger partial charge in [0.05, 0.1) is 10.5 Å². The van der Waals surface area contributed by atoms with Crippen molar-refractivity contribution in [2.75, 3.05) is 5.75 Å². The Hall–Kier alpha value is -2.22. The summed E-state index contributed by atoms with van der Waals surface area (Å²) in [5, 5.41) is 0. The molecule has 0 amide bonds. The maximum absolute atomic E-state index is 12.4. The van der Waals surface area contributed by atoms with Crippen LogP contribution in [0.25, 0.3) is 0 Å². The fourth-order valence-electron chi connectivity index (χ4n) is 1.72. The summed E-state index contributed by atoms with van der Waals surface area (Å²) >= 11 is 0. The van der Waals surface area contributed by atoms with Crippen LogP contribution in [0.1, 0.15) is 15.9 Å². The zero-order chi connectivity index (χ0) is 16.4. The van der Waals surface area contributed by atoms with E-state index in [1.165, 1.54) is 24.5 Å². The molecule has 0 N–H and O–H groups in total. The third kappa shape index (κ3) is 3.70. The fraction of sp³-hybridized carbons (Fsp3) is 0.143. The average Bonchev–Trinajstić information content (AvgIpc) is 2.47. The van der Waals surface area contributed by atoms with E-state index in [1.807, 2.05) is 0 Å². The first-order valence-corrected chi connectivity index (χ1v) is 7.68. The molecule has 0 spiro atoms. The maximum atomic E-state index is 12.4. The Bertz CT molecular complexity index is 769. The Morgan fingerprint density at radius 3 is 2.23 bits per heavy atom. The summed E-state index contributed by atoms with van der Waals surface area (Å²) in [6.45, 7) is 0. The second kappa shape index (κ2) is 5.88. The van der Waals surface area contributed by atoms with Gasteiger partial charge in [-0.15, -0.1) is 0 Å². The minimum atomic E-state index is -4.55. The number of rotatable bonds is 4. The number of sulfone groups is 1. The quantitative estimate of drug-likeness (QED) is 0.809. The normalized spacial score (nSPS) is 12.1. The van der Waals surface area contributed by atoms with E-state index in [2.05, 4.69) is 4.98 Å². The van der Waals surface area contributed by atoms with E-state index in [0.717, 1.165) is 12.1 Å². The molecule has 0 aliphatic carbocycles. The van der Waals surface area contributed by atoms with Crippen LogP contribution in [0.3, 0.4) is 0 Å². The summed E-state index contributed by atoms with van der Waals surface area (Å²) in [7, 11) is -4.01. The first kappa shape index (κ1) is 16.2. The molecule has 8 heteroatoms. The van der Waals surface area contributed by atoms with E-state index < -0.39 is 33.1 Å². The van der Waals surface area contributed by atoms with Crippen molar-refractivity contribution in [2.45, 2.75) is 11.1 Å². The summed E-state index contributed by atoms with van der Waals surface area (Å²) in [5.74, 6) is -1.50. The van der Waals surface area contributed by atoms with Gasteiger partial charge in [0.25, 0.3) is 0 Å². The molecule has 2 rings (SSSR count). The first-order valence-electron chi connectivity index (χ1n) is 6.03. The fourth-order valence-corrected chi connectivity index (χ4v) is 2.95. The van der Waals surface area contributed by atoms with Gasteiger partial charge >= 0.3 is 6.18 Å². The number of hydrogen-bond acceptors (Lipinski definition) is 4. The zero-order valence-corrected chi connectivity index (χ0v) is 11.9. The molecule has 4 nitrogen and oxygen atoms in total. The second-order valence-corrected chi connectivity index (χ2v) is 6.44. The molecule has 116 valence electrons. The lowest BCUT2D eigenvalue weighted by molar-refractivity contribution is -0.137. The molecule has 0 aliphatic heterocycles. The van der Waals surface area contributed by atoms with E-state index in [9.17, 15) is 26.4 Å². The minimum absolute atomic E-state index is 0.123. The molecule has 0 atom stereocenters. The standard InChI is InChI=1S/C14H10F3NO3S/c15-14(16,17)11-3-5-12(6-4-11)22(20,21)9-13(19)10-2-1-7-18-8-10/h1-8H,9H2. The number of ketones is 1. The van der Waals surface area contributed by atoms with Gasteiger partial charge in [-0.3, -0.25) is 9.78 Å². The van der Waals surface area contributed by atoms with Gasteiger partial charge in [0.1, 0.15) is 5.75 Å². The molecule has 1 heterocycles. The van der Waals surface area contributed by atoms with Crippen LogP contribution in [0.2, 0.25) is 0 Å². The summed E-state index contributed by atoms with van der Waals surface area (Å²) in [5.41, 5.74) is -0.831. The Kier molecular flexibility index (Phi) is 4.32. The highest BCUT2D eigenvalue weighted by atomic mass is 32.2. The number of alkyl halides is 3. The van der Waals surface area contributed by atoms with Crippen molar-refractivity contribution in [1.29, 1.82) is 0 Å². The number of aromatic nitrogens is 1. The van der Waals surface area contributed by atoms with Crippen LogP contribution >= 0.6 is 0 Å². The lowest BCUT2D eigenvalue weighted by atomic mass is 10.2. The van der Waals surface area contributed by atoms with Crippen LogP contribution in [-0.2, 0) is 16.0 Å². The summed E-state index contributed by atoms with van der Waals surface area (Å²) in [6.07, 6.45) is -1.89. The summed E-state index contributed by atoms with van der Waals surface area (Å²) in [4.78, 5) is 15.2. The number of benzene rings is 1. The van der Waals surface area contributed by atoms with Crippen molar-refractivity contribution in [3.05, 3.63) is 59.9 Å². The molecule has 0 saturated heterocycles. The van der Waals surface area contributed by atoms with E-state index in [0.29, 0.717) is 12.1 Å². The maximum Gasteiger partial charge on any atom is 0.416 e. The number of halogens is 3. The number of pyridine rings is 1. The molecule has 0 fully saturated rings. The predicted octanol–water partition coefficient (Wildman–Crippen LogP) is 2.76. The number of carbonyl (C=O) groups excluding carboxylic acids is 1. The Morgan fingerprint density at radius 2 is 1.73 bits per heavy atom. The molecule has 1 aromatic heterocycles. The number of Topliss-reactive ketones (excluding diaryl/α,β-unsaturated/α-hetero) is 1. The molecule has 1 aromatic carbocycles. The van der Waals surface area contributed by atoms with Gasteiger partial charge in [-0.2, -0.15) is 13.2 Å². The Labute approximate surface area is 124 Å². The van der Waals surface area contributed by atoms with Crippen LogP contribution < -0.4 is 0 Å². The van der Waals surface area contributed by atoms with E-state index in [1.54, 1.807) is 0 Å². The van der Waals surface area contributed by atoms with Gasteiger partial charge < -0.3 is 0 Å². The Morgan fingerprint density at radius 1 is 1.09 bits per heavy atom. The van der Waals surface area contributed by atoms with Crippen LogP contribution in [0.4, 0.5) is 13.2 Å². The van der Waals surface area contributed by atoms with Gasteiger partial charge in [0, 0.05) is 18.0 Å². The van der Waals surface area contributed by atoms with Crippen molar-refractivity contribution < 1.29 is 26.4 Å². The highest BCUT2D eigenvalue weighted by Gasteiger charge is 2.31. The molecule has 0 aliphatic rings. The lowest BCUT2D eigenvalue weighted by Crippen LogP contribution is -2.17. The van der Waals surface area contributed by atoms with Crippen LogP contribution in [0.5, 0.6) is 0 Å². The smallest absolute Gasteiger partial charge is 0.293 e. The van der Waals surface area contributed by atoms with Crippen LogP contribution in [0.15, 0.2) is 53.7 Å². The van der Waals surface area contributed by atoms with E-state index in [-0.39, 0.29) is 10.5 Å². The lowest BCUT2D eigenvalue weighted by Gasteiger charge is -2.08. The van der Waals surface area contributed by atoms with Gasteiger partial charge in [-0.05, 0) is 36.4 Å². The topological polar surface area (TPSA) is 64.1 Å². The highest BCUT2D eigenvalue weighted by molar-refractivity contribution is 7.92. The van der Waals surface area contributed by atoms with Crippen molar-refractivity contribution in [3.63, 3.8) is 0 Å². The van der Waals surface area contributed by atoms with E-state index >= 15 is 0 Å². The molecule has 2 aromatic rings. The number of hydrogen-bond donors (Lipinski definition) is 0. The molecule has 0 saturated carbocycles.